The molecule has 1 heteroatoms. The maximum absolute atomic E-state index is 2.54. The summed E-state index contributed by atoms with van der Waals surface area (Å²) in [5.41, 5.74) is 16.3. The Labute approximate surface area is 307 Å². The number of benzene rings is 8. The summed E-state index contributed by atoms with van der Waals surface area (Å²) in [6, 6.07) is 69.2. The van der Waals surface area contributed by atoms with Crippen molar-refractivity contribution in [1.82, 2.24) is 0 Å². The highest BCUT2D eigenvalue weighted by molar-refractivity contribution is 6.00. The van der Waals surface area contributed by atoms with Crippen molar-refractivity contribution in [2.24, 2.45) is 0 Å². The van der Waals surface area contributed by atoms with Gasteiger partial charge in [-0.15, -0.1) is 0 Å². The largest absolute Gasteiger partial charge is 0.310 e. The summed E-state index contributed by atoms with van der Waals surface area (Å²) in [4.78, 5) is 2.49. The number of hydrogen-bond donors (Lipinski definition) is 0. The lowest BCUT2D eigenvalue weighted by Crippen LogP contribution is -2.23. The zero-order valence-corrected chi connectivity index (χ0v) is 29.8. The first kappa shape index (κ1) is 31.8. The summed E-state index contributed by atoms with van der Waals surface area (Å²) >= 11 is 0. The molecule has 8 aromatic rings. The van der Waals surface area contributed by atoms with E-state index >= 15 is 0 Å². The highest BCUT2D eigenvalue weighted by atomic mass is 15.1. The molecule has 250 valence electrons. The Bertz CT molecular complexity index is 2510. The molecule has 8 aromatic carbocycles. The van der Waals surface area contributed by atoms with Gasteiger partial charge in [0.15, 0.2) is 0 Å². The first-order chi connectivity index (χ1) is 25.7. The molecule has 1 aliphatic rings. The van der Waals surface area contributed by atoms with Crippen LogP contribution in [0.15, 0.2) is 188 Å². The molecular weight excluding hydrogens is 627 g/mol. The Kier molecular flexibility index (Phi) is 8.05. The second kappa shape index (κ2) is 13.2. The molecule has 0 fully saturated rings. The van der Waals surface area contributed by atoms with Crippen molar-refractivity contribution in [3.8, 4) is 44.5 Å². The van der Waals surface area contributed by atoms with E-state index in [-0.39, 0.29) is 5.41 Å². The van der Waals surface area contributed by atoms with Gasteiger partial charge in [-0.25, -0.2) is 0 Å². The lowest BCUT2D eigenvalue weighted by molar-refractivity contribution is 0.490. The van der Waals surface area contributed by atoms with Crippen molar-refractivity contribution in [2.75, 3.05) is 4.90 Å². The molecule has 0 unspecified atom stereocenters. The Hall–Kier alpha value is -6.18. The van der Waals surface area contributed by atoms with Gasteiger partial charge in [0, 0.05) is 22.4 Å². The standard InChI is InChI=1S/C51H41N/c1-3-51(4-2)47-26-16-25-44(39-20-10-6-11-21-39)50(47)46-34-45(40-22-12-7-13-23-40)49(35-48(46)51)52(43-32-29-37-19-14-15-24-41(37)33-43)42-30-27-38(28-31-42)36-17-8-5-9-18-36/h5-35H,3-4H2,1-2H3. The molecular formula is C51H41N. The summed E-state index contributed by atoms with van der Waals surface area (Å²) in [7, 11) is 0. The molecule has 0 aliphatic heterocycles. The van der Waals surface area contributed by atoms with Gasteiger partial charge in [-0.1, -0.05) is 166 Å². The van der Waals surface area contributed by atoms with E-state index in [1.165, 1.54) is 72.1 Å². The van der Waals surface area contributed by atoms with E-state index in [4.69, 9.17) is 0 Å². The SMILES string of the molecule is CCC1(CC)c2cc(N(c3ccc(-c4ccccc4)cc3)c3ccc4ccccc4c3)c(-c3ccccc3)cc2-c2c(-c3ccccc3)cccc21. The van der Waals surface area contributed by atoms with Gasteiger partial charge < -0.3 is 4.90 Å². The average molecular weight is 668 g/mol. The summed E-state index contributed by atoms with van der Waals surface area (Å²) < 4.78 is 0. The molecule has 0 N–H and O–H groups in total. The van der Waals surface area contributed by atoms with Crippen LogP contribution in [0, 0.1) is 0 Å². The van der Waals surface area contributed by atoms with Crippen molar-refractivity contribution in [3.05, 3.63) is 199 Å². The summed E-state index contributed by atoms with van der Waals surface area (Å²) in [5, 5.41) is 2.47. The van der Waals surface area contributed by atoms with E-state index in [9.17, 15) is 0 Å². The molecule has 1 aliphatic carbocycles. The normalized spacial score (nSPS) is 12.7. The number of nitrogens with zero attached hydrogens (tertiary/aromatic N) is 1. The van der Waals surface area contributed by atoms with Crippen LogP contribution in [0.5, 0.6) is 0 Å². The maximum atomic E-state index is 2.54. The Morgan fingerprint density at radius 1 is 0.385 bits per heavy atom. The van der Waals surface area contributed by atoms with Gasteiger partial charge >= 0.3 is 0 Å². The molecule has 0 saturated carbocycles. The molecule has 0 amide bonds. The van der Waals surface area contributed by atoms with E-state index in [0.29, 0.717) is 0 Å². The molecule has 0 saturated heterocycles. The lowest BCUT2D eigenvalue weighted by Gasteiger charge is -2.33. The average Bonchev–Trinajstić information content (AvgIpc) is 3.51. The number of rotatable bonds is 8. The number of hydrogen-bond acceptors (Lipinski definition) is 1. The lowest BCUT2D eigenvalue weighted by atomic mass is 9.73. The Balaban J connectivity index is 1.34. The van der Waals surface area contributed by atoms with Crippen LogP contribution in [-0.2, 0) is 5.41 Å². The smallest absolute Gasteiger partial charge is 0.0543 e. The predicted octanol–water partition coefficient (Wildman–Crippen LogP) is 14.4. The van der Waals surface area contributed by atoms with Crippen LogP contribution in [0.1, 0.15) is 37.8 Å². The highest BCUT2D eigenvalue weighted by Gasteiger charge is 2.42. The highest BCUT2D eigenvalue weighted by Crippen LogP contribution is 2.58. The Morgan fingerprint density at radius 3 is 1.60 bits per heavy atom. The third kappa shape index (κ3) is 5.24. The van der Waals surface area contributed by atoms with Gasteiger partial charge in [-0.05, 0) is 110 Å². The molecule has 0 spiro atoms. The fraction of sp³-hybridized carbons (Fsp3) is 0.0980. The van der Waals surface area contributed by atoms with Gasteiger partial charge in [-0.3, -0.25) is 0 Å². The van der Waals surface area contributed by atoms with E-state index in [0.717, 1.165) is 24.2 Å². The first-order valence-electron chi connectivity index (χ1n) is 18.6. The van der Waals surface area contributed by atoms with Crippen LogP contribution in [0.25, 0.3) is 55.3 Å². The quantitative estimate of drug-likeness (QED) is 0.156. The zero-order valence-electron chi connectivity index (χ0n) is 29.8. The fourth-order valence-electron chi connectivity index (χ4n) is 8.66. The molecule has 9 rings (SSSR count). The van der Waals surface area contributed by atoms with Crippen molar-refractivity contribution in [2.45, 2.75) is 32.1 Å². The topological polar surface area (TPSA) is 3.24 Å². The minimum absolute atomic E-state index is 0.106. The van der Waals surface area contributed by atoms with E-state index in [2.05, 4.69) is 207 Å². The second-order valence-corrected chi connectivity index (χ2v) is 13.9. The molecule has 0 bridgehead atoms. The van der Waals surface area contributed by atoms with Gasteiger partial charge in [-0.2, -0.15) is 0 Å². The maximum Gasteiger partial charge on any atom is 0.0543 e. The van der Waals surface area contributed by atoms with Crippen molar-refractivity contribution < 1.29 is 0 Å². The van der Waals surface area contributed by atoms with E-state index in [1.54, 1.807) is 0 Å². The van der Waals surface area contributed by atoms with Crippen LogP contribution in [0.4, 0.5) is 17.1 Å². The molecule has 0 aromatic heterocycles. The summed E-state index contributed by atoms with van der Waals surface area (Å²) in [5.74, 6) is 0. The zero-order chi connectivity index (χ0) is 35.1. The third-order valence-electron chi connectivity index (χ3n) is 11.3. The van der Waals surface area contributed by atoms with Crippen molar-refractivity contribution in [3.63, 3.8) is 0 Å². The van der Waals surface area contributed by atoms with E-state index in [1.807, 2.05) is 0 Å². The van der Waals surface area contributed by atoms with Gasteiger partial charge in [0.05, 0.1) is 5.69 Å². The van der Waals surface area contributed by atoms with Crippen molar-refractivity contribution in [1.29, 1.82) is 0 Å². The van der Waals surface area contributed by atoms with Crippen molar-refractivity contribution >= 4 is 27.8 Å². The van der Waals surface area contributed by atoms with Gasteiger partial charge in [0.1, 0.15) is 0 Å². The van der Waals surface area contributed by atoms with Crippen LogP contribution in [-0.4, -0.2) is 0 Å². The predicted molar refractivity (Wildman–Crippen MR) is 222 cm³/mol. The van der Waals surface area contributed by atoms with Gasteiger partial charge in [0.2, 0.25) is 0 Å². The fourth-order valence-corrected chi connectivity index (χ4v) is 8.66. The van der Waals surface area contributed by atoms with Gasteiger partial charge in [0.25, 0.3) is 0 Å². The molecule has 0 atom stereocenters. The monoisotopic (exact) mass is 667 g/mol. The number of fused-ring (bicyclic) bond motifs is 4. The molecule has 0 radical (unpaired) electrons. The molecule has 1 nitrogen and oxygen atoms in total. The molecule has 0 heterocycles. The number of anilines is 3. The summed E-state index contributed by atoms with van der Waals surface area (Å²) in [6.45, 7) is 4.73. The first-order valence-corrected chi connectivity index (χ1v) is 18.6. The third-order valence-corrected chi connectivity index (χ3v) is 11.3. The second-order valence-electron chi connectivity index (χ2n) is 13.9. The van der Waals surface area contributed by atoms with Crippen LogP contribution in [0.2, 0.25) is 0 Å². The minimum Gasteiger partial charge on any atom is -0.310 e. The van der Waals surface area contributed by atoms with Crippen LogP contribution < -0.4 is 4.90 Å². The van der Waals surface area contributed by atoms with Crippen LogP contribution >= 0.6 is 0 Å². The molecule has 52 heavy (non-hydrogen) atoms. The van der Waals surface area contributed by atoms with Crippen LogP contribution in [0.3, 0.4) is 0 Å². The minimum atomic E-state index is -0.106. The Morgan fingerprint density at radius 2 is 0.942 bits per heavy atom. The van der Waals surface area contributed by atoms with E-state index < -0.39 is 0 Å². The summed E-state index contributed by atoms with van der Waals surface area (Å²) in [6.07, 6.45) is 2.04.